The highest BCUT2D eigenvalue weighted by Crippen LogP contribution is 2.14. The van der Waals surface area contributed by atoms with Crippen LogP contribution >= 0.6 is 0 Å². The molecule has 2 heterocycles. The van der Waals surface area contributed by atoms with Gasteiger partial charge < -0.3 is 9.73 Å². The molecule has 21 heavy (non-hydrogen) atoms. The molecular formula is C15H20N4O2. The Labute approximate surface area is 124 Å². The van der Waals surface area contributed by atoms with E-state index in [0.717, 1.165) is 30.8 Å². The summed E-state index contributed by atoms with van der Waals surface area (Å²) in [5.41, 5.74) is 2.16. The third kappa shape index (κ3) is 4.05. The van der Waals surface area contributed by atoms with Crippen LogP contribution in [-0.2, 0) is 6.42 Å². The average molecular weight is 288 g/mol. The van der Waals surface area contributed by atoms with Gasteiger partial charge >= 0.3 is 6.01 Å². The number of pyridine rings is 1. The Morgan fingerprint density at radius 1 is 1.29 bits per heavy atom. The number of nitrogens with one attached hydrogen (secondary N) is 2. The predicted molar refractivity (Wildman–Crippen MR) is 81.6 cm³/mol. The fourth-order valence-electron chi connectivity index (χ4n) is 1.96. The Bertz CT molecular complexity index is 598. The summed E-state index contributed by atoms with van der Waals surface area (Å²) >= 11 is 0. The summed E-state index contributed by atoms with van der Waals surface area (Å²) in [6.45, 7) is 6.62. The Morgan fingerprint density at radius 3 is 2.71 bits per heavy atom. The van der Waals surface area contributed by atoms with Gasteiger partial charge in [-0.05, 0) is 32.4 Å². The maximum atomic E-state index is 12.3. The molecule has 0 unspecified atom stereocenters. The van der Waals surface area contributed by atoms with Crippen molar-refractivity contribution in [1.82, 2.24) is 9.97 Å². The Kier molecular flexibility index (Phi) is 4.92. The number of nitrogens with zero attached hydrogens (tertiary/aromatic N) is 2. The average Bonchev–Trinajstić information content (AvgIpc) is 2.84. The minimum atomic E-state index is -0.254. The smallest absolute Gasteiger partial charge is 0.301 e. The molecule has 0 aliphatic rings. The van der Waals surface area contributed by atoms with Crippen molar-refractivity contribution in [2.24, 2.45) is 0 Å². The SMILES string of the molecule is CCCc1cc(C(=O)Nc2nc(C)co2)cc(NCC)n1. The molecule has 6 heteroatoms. The topological polar surface area (TPSA) is 80.0 Å². The molecule has 2 aromatic heterocycles. The van der Waals surface area contributed by atoms with E-state index in [4.69, 9.17) is 4.42 Å². The number of amides is 1. The first kappa shape index (κ1) is 15.0. The van der Waals surface area contributed by atoms with E-state index in [1.807, 2.05) is 6.92 Å². The van der Waals surface area contributed by atoms with E-state index in [0.29, 0.717) is 11.4 Å². The van der Waals surface area contributed by atoms with Crippen LogP contribution in [0.4, 0.5) is 11.8 Å². The van der Waals surface area contributed by atoms with Gasteiger partial charge in [0.15, 0.2) is 0 Å². The lowest BCUT2D eigenvalue weighted by Crippen LogP contribution is -2.14. The van der Waals surface area contributed by atoms with Crippen LogP contribution in [0.1, 0.15) is 42.0 Å². The number of carbonyl (C=O) groups excluding carboxylic acids is 1. The summed E-state index contributed by atoms with van der Waals surface area (Å²) in [4.78, 5) is 20.8. The van der Waals surface area contributed by atoms with Gasteiger partial charge in [-0.3, -0.25) is 10.1 Å². The number of oxazole rings is 1. The minimum Gasteiger partial charge on any atom is -0.432 e. The van der Waals surface area contributed by atoms with Gasteiger partial charge in [-0.2, -0.15) is 4.98 Å². The van der Waals surface area contributed by atoms with Crippen molar-refractivity contribution >= 4 is 17.7 Å². The maximum Gasteiger partial charge on any atom is 0.301 e. The van der Waals surface area contributed by atoms with Gasteiger partial charge in [-0.1, -0.05) is 13.3 Å². The monoisotopic (exact) mass is 288 g/mol. The largest absolute Gasteiger partial charge is 0.432 e. The Morgan fingerprint density at radius 2 is 2.10 bits per heavy atom. The Hall–Kier alpha value is -2.37. The number of rotatable bonds is 6. The first-order valence-electron chi connectivity index (χ1n) is 7.10. The molecule has 2 rings (SSSR count). The van der Waals surface area contributed by atoms with Crippen molar-refractivity contribution < 1.29 is 9.21 Å². The van der Waals surface area contributed by atoms with E-state index in [1.165, 1.54) is 6.26 Å². The zero-order chi connectivity index (χ0) is 15.2. The van der Waals surface area contributed by atoms with Crippen molar-refractivity contribution in [2.75, 3.05) is 17.2 Å². The van der Waals surface area contributed by atoms with Gasteiger partial charge in [0, 0.05) is 17.8 Å². The van der Waals surface area contributed by atoms with E-state index in [1.54, 1.807) is 19.1 Å². The van der Waals surface area contributed by atoms with Crippen LogP contribution in [0.25, 0.3) is 0 Å². The van der Waals surface area contributed by atoms with Crippen LogP contribution in [0.2, 0.25) is 0 Å². The van der Waals surface area contributed by atoms with Crippen LogP contribution < -0.4 is 10.6 Å². The standard InChI is InChI=1S/C15H20N4O2/c1-4-6-12-7-11(8-13(18-12)16-5-2)14(20)19-15-17-10(3)9-21-15/h7-9H,4-6H2,1-3H3,(H,16,18)(H,17,19,20). The maximum absolute atomic E-state index is 12.3. The van der Waals surface area contributed by atoms with Gasteiger partial charge in [-0.15, -0.1) is 0 Å². The fraction of sp³-hybridized carbons (Fsp3) is 0.400. The molecule has 6 nitrogen and oxygen atoms in total. The number of carbonyl (C=O) groups is 1. The highest BCUT2D eigenvalue weighted by atomic mass is 16.4. The van der Waals surface area contributed by atoms with E-state index in [-0.39, 0.29) is 11.9 Å². The molecule has 0 radical (unpaired) electrons. The van der Waals surface area contributed by atoms with Gasteiger partial charge in [0.1, 0.15) is 12.1 Å². The molecule has 0 saturated carbocycles. The number of hydrogen-bond acceptors (Lipinski definition) is 5. The highest BCUT2D eigenvalue weighted by molar-refractivity contribution is 6.03. The molecule has 0 spiro atoms. The number of anilines is 2. The Balaban J connectivity index is 2.21. The third-order valence-electron chi connectivity index (χ3n) is 2.84. The summed E-state index contributed by atoms with van der Waals surface area (Å²) in [6.07, 6.45) is 3.30. The first-order chi connectivity index (χ1) is 10.1. The zero-order valence-electron chi connectivity index (χ0n) is 12.6. The van der Waals surface area contributed by atoms with Gasteiger partial charge in [0.2, 0.25) is 0 Å². The first-order valence-corrected chi connectivity index (χ1v) is 7.10. The van der Waals surface area contributed by atoms with Crippen molar-refractivity contribution in [3.63, 3.8) is 0 Å². The lowest BCUT2D eigenvalue weighted by atomic mass is 10.1. The second kappa shape index (κ2) is 6.88. The number of aromatic nitrogens is 2. The molecule has 0 atom stereocenters. The van der Waals surface area contributed by atoms with Crippen molar-refractivity contribution in [3.8, 4) is 0 Å². The summed E-state index contributed by atoms with van der Waals surface area (Å²) < 4.78 is 5.14. The second-order valence-electron chi connectivity index (χ2n) is 4.76. The fourth-order valence-corrected chi connectivity index (χ4v) is 1.96. The summed E-state index contributed by atoms with van der Waals surface area (Å²) in [5.74, 6) is 0.452. The minimum absolute atomic E-state index is 0.205. The molecule has 0 aliphatic carbocycles. The number of aryl methyl sites for hydroxylation is 2. The molecule has 0 aliphatic heterocycles. The molecule has 0 saturated heterocycles. The third-order valence-corrected chi connectivity index (χ3v) is 2.84. The molecule has 0 aromatic carbocycles. The van der Waals surface area contributed by atoms with Crippen LogP contribution in [0, 0.1) is 6.92 Å². The van der Waals surface area contributed by atoms with Crippen LogP contribution in [-0.4, -0.2) is 22.4 Å². The highest BCUT2D eigenvalue weighted by Gasteiger charge is 2.12. The normalized spacial score (nSPS) is 10.4. The zero-order valence-corrected chi connectivity index (χ0v) is 12.6. The van der Waals surface area contributed by atoms with Crippen molar-refractivity contribution in [1.29, 1.82) is 0 Å². The molecule has 0 fully saturated rings. The second-order valence-corrected chi connectivity index (χ2v) is 4.76. The van der Waals surface area contributed by atoms with Gasteiger partial charge in [0.05, 0.1) is 5.69 Å². The molecule has 1 amide bonds. The predicted octanol–water partition coefficient (Wildman–Crippen LogP) is 3.01. The van der Waals surface area contributed by atoms with E-state index in [2.05, 4.69) is 27.5 Å². The number of hydrogen-bond donors (Lipinski definition) is 2. The van der Waals surface area contributed by atoms with Crippen LogP contribution in [0.15, 0.2) is 22.8 Å². The van der Waals surface area contributed by atoms with Gasteiger partial charge in [0.25, 0.3) is 5.91 Å². The van der Waals surface area contributed by atoms with E-state index in [9.17, 15) is 4.79 Å². The molecule has 2 aromatic rings. The van der Waals surface area contributed by atoms with Crippen LogP contribution in [0.5, 0.6) is 0 Å². The summed E-state index contributed by atoms with van der Waals surface area (Å²) in [5, 5.41) is 5.78. The van der Waals surface area contributed by atoms with Crippen molar-refractivity contribution in [2.45, 2.75) is 33.6 Å². The van der Waals surface area contributed by atoms with E-state index < -0.39 is 0 Å². The lowest BCUT2D eigenvalue weighted by Gasteiger charge is -2.09. The van der Waals surface area contributed by atoms with Gasteiger partial charge in [-0.25, -0.2) is 4.98 Å². The lowest BCUT2D eigenvalue weighted by molar-refractivity contribution is 0.102. The molecular weight excluding hydrogens is 268 g/mol. The summed E-state index contributed by atoms with van der Waals surface area (Å²) in [6, 6.07) is 3.74. The quantitative estimate of drug-likeness (QED) is 0.854. The molecule has 112 valence electrons. The summed E-state index contributed by atoms with van der Waals surface area (Å²) in [7, 11) is 0. The van der Waals surface area contributed by atoms with Crippen molar-refractivity contribution in [3.05, 3.63) is 35.3 Å². The molecule has 2 N–H and O–H groups in total. The molecule has 0 bridgehead atoms. The van der Waals surface area contributed by atoms with E-state index >= 15 is 0 Å². The van der Waals surface area contributed by atoms with Crippen LogP contribution in [0.3, 0.4) is 0 Å².